The van der Waals surface area contributed by atoms with Crippen molar-refractivity contribution < 1.29 is 4.39 Å². The number of anilines is 1. The van der Waals surface area contributed by atoms with Crippen LogP contribution >= 0.6 is 27.3 Å². The van der Waals surface area contributed by atoms with Crippen LogP contribution in [0.2, 0.25) is 0 Å². The fourth-order valence-corrected chi connectivity index (χ4v) is 1.47. The van der Waals surface area contributed by atoms with Crippen LogP contribution < -0.4 is 5.32 Å². The van der Waals surface area contributed by atoms with Crippen molar-refractivity contribution in [2.24, 2.45) is 0 Å². The second kappa shape index (κ2) is 3.82. The number of nitrogens with zero attached hydrogens (tertiary/aromatic N) is 2. The minimum Gasteiger partial charge on any atom is -0.357 e. The molecule has 0 fully saturated rings. The molecule has 0 amide bonds. The summed E-state index contributed by atoms with van der Waals surface area (Å²) in [6.45, 7) is -0.0984. The van der Waals surface area contributed by atoms with Gasteiger partial charge in [0.05, 0.1) is 0 Å². The molecular formula is C4H5BrFN3S. The minimum absolute atomic E-state index is 0.293. The summed E-state index contributed by atoms with van der Waals surface area (Å²) >= 11 is 4.48. The summed E-state index contributed by atoms with van der Waals surface area (Å²) in [6, 6.07) is 0. The summed E-state index contributed by atoms with van der Waals surface area (Å²) in [6.07, 6.45) is 0. The summed E-state index contributed by atoms with van der Waals surface area (Å²) in [5.74, 6) is 0. The van der Waals surface area contributed by atoms with Crippen molar-refractivity contribution in [1.82, 2.24) is 10.2 Å². The molecule has 56 valence electrons. The molecule has 0 aliphatic heterocycles. The molecule has 10 heavy (non-hydrogen) atoms. The number of halogens is 2. The molecule has 1 aromatic rings. The highest BCUT2D eigenvalue weighted by Crippen LogP contribution is 2.19. The van der Waals surface area contributed by atoms with Gasteiger partial charge in [-0.05, 0) is 15.9 Å². The molecule has 1 N–H and O–H groups in total. The van der Waals surface area contributed by atoms with E-state index in [4.69, 9.17) is 0 Å². The Labute approximate surface area is 69.8 Å². The molecule has 3 nitrogen and oxygen atoms in total. The van der Waals surface area contributed by atoms with E-state index < -0.39 is 6.67 Å². The molecule has 0 aromatic carbocycles. The standard InChI is InChI=1S/C4H5BrFN3S/c5-3-8-9-4(10-3)7-2-1-6/h1-2H2,(H,7,9). The fourth-order valence-electron chi connectivity index (χ4n) is 0.431. The van der Waals surface area contributed by atoms with Gasteiger partial charge in [0.2, 0.25) is 5.13 Å². The maximum Gasteiger partial charge on any atom is 0.206 e. The summed E-state index contributed by atoms with van der Waals surface area (Å²) in [5, 5.41) is 10.8. The predicted octanol–water partition coefficient (Wildman–Crippen LogP) is 1.68. The maximum absolute atomic E-state index is 11.6. The molecule has 0 spiro atoms. The third-order valence-corrected chi connectivity index (χ3v) is 2.08. The van der Waals surface area contributed by atoms with Crippen LogP contribution in [-0.2, 0) is 0 Å². The van der Waals surface area contributed by atoms with Gasteiger partial charge in [0.1, 0.15) is 6.67 Å². The lowest BCUT2D eigenvalue weighted by Crippen LogP contribution is -2.01. The van der Waals surface area contributed by atoms with Gasteiger partial charge in [0, 0.05) is 6.54 Å². The van der Waals surface area contributed by atoms with E-state index in [0.717, 1.165) is 0 Å². The van der Waals surface area contributed by atoms with E-state index in [-0.39, 0.29) is 0 Å². The van der Waals surface area contributed by atoms with E-state index in [9.17, 15) is 4.39 Å². The molecule has 0 unspecified atom stereocenters. The highest BCUT2D eigenvalue weighted by molar-refractivity contribution is 9.11. The van der Waals surface area contributed by atoms with Gasteiger partial charge in [0.25, 0.3) is 0 Å². The first-order chi connectivity index (χ1) is 4.83. The Hall–Kier alpha value is -0.230. The molecule has 1 rings (SSSR count). The first kappa shape index (κ1) is 7.87. The van der Waals surface area contributed by atoms with Gasteiger partial charge in [-0.15, -0.1) is 10.2 Å². The fraction of sp³-hybridized carbons (Fsp3) is 0.500. The molecule has 0 radical (unpaired) electrons. The molecule has 6 heteroatoms. The first-order valence-electron chi connectivity index (χ1n) is 2.62. The van der Waals surface area contributed by atoms with Crippen LogP contribution in [0.3, 0.4) is 0 Å². The molecule has 0 aliphatic rings. The minimum atomic E-state index is -0.392. The van der Waals surface area contributed by atoms with E-state index in [0.29, 0.717) is 15.6 Å². The number of nitrogens with one attached hydrogen (secondary N) is 1. The summed E-state index contributed by atoms with van der Waals surface area (Å²) < 4.78 is 12.3. The quantitative estimate of drug-likeness (QED) is 0.851. The van der Waals surface area contributed by atoms with Gasteiger partial charge in [-0.2, -0.15) is 0 Å². The SMILES string of the molecule is FCCNc1nnc(Br)s1. The summed E-state index contributed by atoms with van der Waals surface area (Å²) in [7, 11) is 0. The Morgan fingerprint density at radius 1 is 1.60 bits per heavy atom. The van der Waals surface area contributed by atoms with Gasteiger partial charge in [-0.25, -0.2) is 4.39 Å². The molecule has 0 aliphatic carbocycles. The molecule has 0 saturated carbocycles. The zero-order chi connectivity index (χ0) is 7.40. The van der Waals surface area contributed by atoms with Gasteiger partial charge >= 0.3 is 0 Å². The van der Waals surface area contributed by atoms with E-state index in [1.807, 2.05) is 0 Å². The van der Waals surface area contributed by atoms with Crippen molar-refractivity contribution in [3.05, 3.63) is 3.92 Å². The second-order valence-corrected chi connectivity index (χ2v) is 3.73. The third-order valence-electron chi connectivity index (χ3n) is 0.771. The Morgan fingerprint density at radius 3 is 2.90 bits per heavy atom. The van der Waals surface area contributed by atoms with E-state index >= 15 is 0 Å². The van der Waals surface area contributed by atoms with Gasteiger partial charge < -0.3 is 5.32 Å². The zero-order valence-electron chi connectivity index (χ0n) is 4.97. The predicted molar refractivity (Wildman–Crippen MR) is 42.1 cm³/mol. The van der Waals surface area contributed by atoms with Crippen molar-refractivity contribution >= 4 is 32.4 Å². The van der Waals surface area contributed by atoms with Crippen LogP contribution in [0.1, 0.15) is 0 Å². The van der Waals surface area contributed by atoms with Crippen LogP contribution in [-0.4, -0.2) is 23.4 Å². The largest absolute Gasteiger partial charge is 0.357 e. The molecule has 0 atom stereocenters. The summed E-state index contributed by atoms with van der Waals surface area (Å²) in [4.78, 5) is 0. The van der Waals surface area contributed by atoms with Crippen molar-refractivity contribution in [3.63, 3.8) is 0 Å². The molecule has 1 aromatic heterocycles. The maximum atomic E-state index is 11.6. The van der Waals surface area contributed by atoms with Crippen LogP contribution in [0.4, 0.5) is 9.52 Å². The lowest BCUT2D eigenvalue weighted by Gasteiger charge is -1.92. The number of hydrogen-bond acceptors (Lipinski definition) is 4. The highest BCUT2D eigenvalue weighted by atomic mass is 79.9. The third kappa shape index (κ3) is 2.18. The highest BCUT2D eigenvalue weighted by Gasteiger charge is 1.97. The smallest absolute Gasteiger partial charge is 0.206 e. The average Bonchev–Trinajstić information content (AvgIpc) is 2.31. The Kier molecular flexibility index (Phi) is 3.01. The van der Waals surface area contributed by atoms with Crippen LogP contribution in [0.25, 0.3) is 0 Å². The molecule has 1 heterocycles. The molecule has 0 bridgehead atoms. The van der Waals surface area contributed by atoms with E-state index in [1.165, 1.54) is 11.3 Å². The monoisotopic (exact) mass is 225 g/mol. The Bertz CT molecular complexity index is 204. The van der Waals surface area contributed by atoms with E-state index in [2.05, 4.69) is 31.4 Å². The molecule has 0 saturated heterocycles. The van der Waals surface area contributed by atoms with Gasteiger partial charge in [0.15, 0.2) is 3.92 Å². The topological polar surface area (TPSA) is 37.8 Å². The number of alkyl halides is 1. The zero-order valence-corrected chi connectivity index (χ0v) is 7.38. The number of rotatable bonds is 3. The Balaban J connectivity index is 2.42. The number of hydrogen-bond donors (Lipinski definition) is 1. The lowest BCUT2D eigenvalue weighted by molar-refractivity contribution is 0.512. The molecular weight excluding hydrogens is 221 g/mol. The van der Waals surface area contributed by atoms with Crippen molar-refractivity contribution in [2.75, 3.05) is 18.5 Å². The van der Waals surface area contributed by atoms with Crippen molar-refractivity contribution in [1.29, 1.82) is 0 Å². The first-order valence-corrected chi connectivity index (χ1v) is 4.22. The van der Waals surface area contributed by atoms with E-state index in [1.54, 1.807) is 0 Å². The van der Waals surface area contributed by atoms with Crippen molar-refractivity contribution in [2.45, 2.75) is 0 Å². The van der Waals surface area contributed by atoms with Crippen LogP contribution in [0.15, 0.2) is 3.92 Å². The second-order valence-electron chi connectivity index (χ2n) is 1.48. The van der Waals surface area contributed by atoms with Crippen LogP contribution in [0.5, 0.6) is 0 Å². The normalized spacial score (nSPS) is 9.80. The average molecular weight is 226 g/mol. The van der Waals surface area contributed by atoms with Crippen molar-refractivity contribution in [3.8, 4) is 0 Å². The van der Waals surface area contributed by atoms with Gasteiger partial charge in [-0.1, -0.05) is 11.3 Å². The summed E-state index contributed by atoms with van der Waals surface area (Å²) in [5.41, 5.74) is 0. The van der Waals surface area contributed by atoms with Gasteiger partial charge in [-0.3, -0.25) is 0 Å². The Morgan fingerprint density at radius 2 is 2.40 bits per heavy atom. The van der Waals surface area contributed by atoms with Crippen LogP contribution in [0, 0.1) is 0 Å². The number of aromatic nitrogens is 2. The lowest BCUT2D eigenvalue weighted by atomic mass is 10.7.